The van der Waals surface area contributed by atoms with Gasteiger partial charge in [-0.1, -0.05) is 31.9 Å². The van der Waals surface area contributed by atoms with E-state index >= 15 is 0 Å². The average molecular weight is 152 g/mol. The van der Waals surface area contributed by atoms with Crippen LogP contribution in [0.3, 0.4) is 0 Å². The molecule has 0 bridgehead atoms. The predicted molar refractivity (Wildman–Crippen MR) is 50.6 cm³/mol. The molecule has 0 aliphatic heterocycles. The lowest BCUT2D eigenvalue weighted by atomic mass is 9.81. The highest BCUT2D eigenvalue weighted by atomic mass is 14.2. The summed E-state index contributed by atoms with van der Waals surface area (Å²) in [5.41, 5.74) is 1.60. The second kappa shape index (κ2) is 3.94. The van der Waals surface area contributed by atoms with E-state index in [1.165, 1.54) is 25.7 Å². The molecule has 0 heterocycles. The molecule has 64 valence electrons. The van der Waals surface area contributed by atoms with Crippen molar-refractivity contribution in [1.29, 1.82) is 0 Å². The van der Waals surface area contributed by atoms with E-state index in [0.717, 1.165) is 11.8 Å². The monoisotopic (exact) mass is 152 g/mol. The molecule has 0 amide bonds. The van der Waals surface area contributed by atoms with Crippen LogP contribution >= 0.6 is 0 Å². The van der Waals surface area contributed by atoms with E-state index in [1.807, 2.05) is 0 Å². The van der Waals surface area contributed by atoms with Crippen LogP contribution in [-0.4, -0.2) is 0 Å². The summed E-state index contributed by atoms with van der Waals surface area (Å²) in [6.45, 7) is 6.95. The first-order valence-corrected chi connectivity index (χ1v) is 4.89. The molecule has 0 fully saturated rings. The zero-order chi connectivity index (χ0) is 8.27. The average Bonchev–Trinajstić information content (AvgIpc) is 2.05. The molecule has 0 nitrogen and oxygen atoms in total. The summed E-state index contributed by atoms with van der Waals surface area (Å²) in [7, 11) is 0. The Balaban J connectivity index is 2.40. The summed E-state index contributed by atoms with van der Waals surface area (Å²) in [5, 5.41) is 0. The summed E-state index contributed by atoms with van der Waals surface area (Å²) in [5.74, 6) is 1.91. The fraction of sp³-hybridized carbons (Fsp3) is 0.818. The lowest BCUT2D eigenvalue weighted by Gasteiger charge is -2.25. The molecule has 0 unspecified atom stereocenters. The van der Waals surface area contributed by atoms with Crippen molar-refractivity contribution >= 4 is 0 Å². The lowest BCUT2D eigenvalue weighted by Crippen LogP contribution is -2.13. The van der Waals surface area contributed by atoms with Gasteiger partial charge in [0.05, 0.1) is 0 Å². The van der Waals surface area contributed by atoms with Crippen molar-refractivity contribution in [3.8, 4) is 0 Å². The van der Waals surface area contributed by atoms with Gasteiger partial charge >= 0.3 is 0 Å². The van der Waals surface area contributed by atoms with Crippen LogP contribution in [0.4, 0.5) is 0 Å². The van der Waals surface area contributed by atoms with Gasteiger partial charge in [-0.3, -0.25) is 0 Å². The molecule has 2 atom stereocenters. The number of hydrogen-bond donors (Lipinski definition) is 0. The third-order valence-electron chi connectivity index (χ3n) is 3.13. The van der Waals surface area contributed by atoms with Crippen LogP contribution < -0.4 is 0 Å². The zero-order valence-electron chi connectivity index (χ0n) is 8.06. The Morgan fingerprint density at radius 3 is 2.82 bits per heavy atom. The van der Waals surface area contributed by atoms with Crippen LogP contribution in [0, 0.1) is 11.8 Å². The SMILES string of the molecule is CC[C@H](C)[C@@H]1CC=C(C)CC1. The molecule has 0 aromatic carbocycles. The second-order valence-electron chi connectivity index (χ2n) is 3.97. The first kappa shape index (κ1) is 8.83. The highest BCUT2D eigenvalue weighted by molar-refractivity contribution is 5.03. The van der Waals surface area contributed by atoms with Crippen LogP contribution in [0.5, 0.6) is 0 Å². The van der Waals surface area contributed by atoms with Gasteiger partial charge in [-0.15, -0.1) is 0 Å². The maximum absolute atomic E-state index is 2.43. The first-order chi connectivity index (χ1) is 5.24. The van der Waals surface area contributed by atoms with Crippen LogP contribution in [0.15, 0.2) is 11.6 Å². The van der Waals surface area contributed by atoms with Crippen molar-refractivity contribution < 1.29 is 0 Å². The van der Waals surface area contributed by atoms with Crippen molar-refractivity contribution in [2.75, 3.05) is 0 Å². The van der Waals surface area contributed by atoms with Gasteiger partial charge < -0.3 is 0 Å². The molecule has 1 rings (SSSR count). The topological polar surface area (TPSA) is 0 Å². The minimum atomic E-state index is 0.930. The standard InChI is InChI=1S/C11H20/c1-4-10(3)11-7-5-9(2)6-8-11/h5,10-11H,4,6-8H2,1-3H3/t10-,11+/m0/s1. The molecule has 0 radical (unpaired) electrons. The van der Waals surface area contributed by atoms with Crippen molar-refractivity contribution in [3.05, 3.63) is 11.6 Å². The lowest BCUT2D eigenvalue weighted by molar-refractivity contribution is 0.319. The van der Waals surface area contributed by atoms with Crippen LogP contribution in [0.1, 0.15) is 46.5 Å². The van der Waals surface area contributed by atoms with E-state index < -0.39 is 0 Å². The van der Waals surface area contributed by atoms with Gasteiger partial charge in [0.2, 0.25) is 0 Å². The Hall–Kier alpha value is -0.260. The van der Waals surface area contributed by atoms with Crippen molar-refractivity contribution in [2.24, 2.45) is 11.8 Å². The Labute approximate surface area is 70.7 Å². The Bertz CT molecular complexity index is 144. The van der Waals surface area contributed by atoms with Gasteiger partial charge in [0.15, 0.2) is 0 Å². The first-order valence-electron chi connectivity index (χ1n) is 4.89. The van der Waals surface area contributed by atoms with E-state index in [4.69, 9.17) is 0 Å². The smallest absolute Gasteiger partial charge is 0.0317 e. The predicted octanol–water partition coefficient (Wildman–Crippen LogP) is 3.78. The maximum Gasteiger partial charge on any atom is -0.0317 e. The molecule has 1 aliphatic carbocycles. The summed E-state index contributed by atoms with van der Waals surface area (Å²) in [6, 6.07) is 0. The third-order valence-corrected chi connectivity index (χ3v) is 3.13. The van der Waals surface area contributed by atoms with Gasteiger partial charge in [0.25, 0.3) is 0 Å². The Morgan fingerprint density at radius 2 is 2.36 bits per heavy atom. The van der Waals surface area contributed by atoms with E-state index in [2.05, 4.69) is 26.8 Å². The summed E-state index contributed by atoms with van der Waals surface area (Å²) >= 11 is 0. The largest absolute Gasteiger partial charge is 0.0853 e. The summed E-state index contributed by atoms with van der Waals surface area (Å²) in [4.78, 5) is 0. The molecule has 0 heteroatoms. The molecule has 1 aliphatic rings. The second-order valence-corrected chi connectivity index (χ2v) is 3.97. The van der Waals surface area contributed by atoms with E-state index in [0.29, 0.717) is 0 Å². The molecule has 11 heavy (non-hydrogen) atoms. The molecule has 0 aromatic rings. The molecular weight excluding hydrogens is 132 g/mol. The number of hydrogen-bond acceptors (Lipinski definition) is 0. The fourth-order valence-electron chi connectivity index (χ4n) is 1.84. The van der Waals surface area contributed by atoms with Gasteiger partial charge in [0, 0.05) is 0 Å². The summed E-state index contributed by atoms with van der Waals surface area (Å²) < 4.78 is 0. The van der Waals surface area contributed by atoms with Gasteiger partial charge in [-0.2, -0.15) is 0 Å². The molecule has 0 N–H and O–H groups in total. The van der Waals surface area contributed by atoms with E-state index in [-0.39, 0.29) is 0 Å². The molecule has 0 aromatic heterocycles. The third kappa shape index (κ3) is 2.36. The zero-order valence-corrected chi connectivity index (χ0v) is 8.06. The van der Waals surface area contributed by atoms with Gasteiger partial charge in [-0.05, 0) is 38.0 Å². The van der Waals surface area contributed by atoms with Gasteiger partial charge in [0.1, 0.15) is 0 Å². The highest BCUT2D eigenvalue weighted by Crippen LogP contribution is 2.30. The minimum absolute atomic E-state index is 0.930. The molecule has 0 spiro atoms. The van der Waals surface area contributed by atoms with Crippen LogP contribution in [0.2, 0.25) is 0 Å². The van der Waals surface area contributed by atoms with Gasteiger partial charge in [-0.25, -0.2) is 0 Å². The normalized spacial score (nSPS) is 27.9. The Morgan fingerprint density at radius 1 is 1.64 bits per heavy atom. The summed E-state index contributed by atoms with van der Waals surface area (Å²) in [6.07, 6.45) is 7.88. The number of rotatable bonds is 2. The van der Waals surface area contributed by atoms with E-state index in [9.17, 15) is 0 Å². The van der Waals surface area contributed by atoms with Crippen molar-refractivity contribution in [2.45, 2.75) is 46.5 Å². The van der Waals surface area contributed by atoms with E-state index in [1.54, 1.807) is 5.57 Å². The molecule has 0 saturated heterocycles. The maximum atomic E-state index is 2.43. The molecule has 0 saturated carbocycles. The number of allylic oxidation sites excluding steroid dienone is 2. The fourth-order valence-corrected chi connectivity index (χ4v) is 1.84. The highest BCUT2D eigenvalue weighted by Gasteiger charge is 2.17. The van der Waals surface area contributed by atoms with Crippen LogP contribution in [0.25, 0.3) is 0 Å². The van der Waals surface area contributed by atoms with Crippen LogP contribution in [-0.2, 0) is 0 Å². The van der Waals surface area contributed by atoms with Crippen molar-refractivity contribution in [3.63, 3.8) is 0 Å². The minimum Gasteiger partial charge on any atom is -0.0853 e. The molecular formula is C11H20. The Kier molecular flexibility index (Phi) is 3.16. The van der Waals surface area contributed by atoms with Crippen molar-refractivity contribution in [1.82, 2.24) is 0 Å². The quantitative estimate of drug-likeness (QED) is 0.528.